The molecule has 0 bridgehead atoms. The standard InChI is InChI=1S/C9H7N5O2/c15-8-4-11-6(3-12-8)9(16)14-7-1-2-10-5-13-7/h1-5H,(H,12,15)(H,10,13,14,16). The monoisotopic (exact) mass is 217 g/mol. The average molecular weight is 217 g/mol. The molecule has 2 rings (SSSR count). The van der Waals surface area contributed by atoms with Crippen LogP contribution in [0.3, 0.4) is 0 Å². The van der Waals surface area contributed by atoms with Gasteiger partial charge in [0, 0.05) is 12.4 Å². The molecular weight excluding hydrogens is 210 g/mol. The fourth-order valence-corrected chi connectivity index (χ4v) is 1.01. The number of rotatable bonds is 2. The lowest BCUT2D eigenvalue weighted by atomic mass is 10.4. The molecular formula is C9H7N5O2. The molecule has 2 aromatic rings. The van der Waals surface area contributed by atoms with Crippen molar-refractivity contribution in [3.05, 3.63) is 47.0 Å². The van der Waals surface area contributed by atoms with Crippen molar-refractivity contribution in [3.8, 4) is 0 Å². The number of carbonyl (C=O) groups is 1. The lowest BCUT2D eigenvalue weighted by Crippen LogP contribution is -2.17. The Labute approximate surface area is 89.6 Å². The third kappa shape index (κ3) is 2.27. The van der Waals surface area contributed by atoms with Crippen LogP contribution in [0, 0.1) is 0 Å². The van der Waals surface area contributed by atoms with Crippen LogP contribution in [0.15, 0.2) is 35.8 Å². The van der Waals surface area contributed by atoms with Crippen molar-refractivity contribution in [1.29, 1.82) is 0 Å². The van der Waals surface area contributed by atoms with Crippen molar-refractivity contribution < 1.29 is 4.79 Å². The van der Waals surface area contributed by atoms with Crippen LogP contribution < -0.4 is 10.9 Å². The molecule has 2 heterocycles. The summed E-state index contributed by atoms with van der Waals surface area (Å²) < 4.78 is 0. The first-order valence-electron chi connectivity index (χ1n) is 4.38. The summed E-state index contributed by atoms with van der Waals surface area (Å²) in [6.07, 6.45) is 5.09. The highest BCUT2D eigenvalue weighted by Crippen LogP contribution is 2.00. The molecule has 16 heavy (non-hydrogen) atoms. The van der Waals surface area contributed by atoms with Crippen molar-refractivity contribution in [1.82, 2.24) is 19.9 Å². The summed E-state index contributed by atoms with van der Waals surface area (Å²) in [4.78, 5) is 35.9. The van der Waals surface area contributed by atoms with Crippen molar-refractivity contribution in [2.24, 2.45) is 0 Å². The molecule has 2 N–H and O–H groups in total. The fourth-order valence-electron chi connectivity index (χ4n) is 1.01. The number of nitrogens with one attached hydrogen (secondary N) is 2. The first kappa shape index (κ1) is 9.97. The maximum Gasteiger partial charge on any atom is 0.276 e. The number of hydrogen-bond acceptors (Lipinski definition) is 5. The Morgan fingerprint density at radius 1 is 1.38 bits per heavy atom. The number of carbonyl (C=O) groups excluding carboxylic acids is 1. The van der Waals surface area contributed by atoms with Gasteiger partial charge in [0.05, 0.1) is 6.20 Å². The lowest BCUT2D eigenvalue weighted by molar-refractivity contribution is 0.102. The van der Waals surface area contributed by atoms with Crippen LogP contribution in [-0.2, 0) is 0 Å². The van der Waals surface area contributed by atoms with Crippen molar-refractivity contribution >= 4 is 11.7 Å². The van der Waals surface area contributed by atoms with Gasteiger partial charge in [-0.25, -0.2) is 15.0 Å². The van der Waals surface area contributed by atoms with Crippen LogP contribution in [0.1, 0.15) is 10.5 Å². The van der Waals surface area contributed by atoms with Gasteiger partial charge in [0.1, 0.15) is 17.8 Å². The van der Waals surface area contributed by atoms with E-state index >= 15 is 0 Å². The molecule has 0 aliphatic heterocycles. The molecule has 80 valence electrons. The molecule has 0 saturated carbocycles. The van der Waals surface area contributed by atoms with E-state index in [0.717, 1.165) is 6.20 Å². The van der Waals surface area contributed by atoms with E-state index in [9.17, 15) is 9.59 Å². The molecule has 7 heteroatoms. The highest BCUT2D eigenvalue weighted by Gasteiger charge is 2.07. The summed E-state index contributed by atoms with van der Waals surface area (Å²) in [6.45, 7) is 0. The Kier molecular flexibility index (Phi) is 2.68. The topological polar surface area (TPSA) is 101 Å². The molecule has 0 unspecified atom stereocenters. The maximum absolute atomic E-state index is 11.6. The summed E-state index contributed by atoms with van der Waals surface area (Å²) in [5.74, 6) is -0.0806. The lowest BCUT2D eigenvalue weighted by Gasteiger charge is -2.01. The number of nitrogens with zero attached hydrogens (tertiary/aromatic N) is 3. The molecule has 7 nitrogen and oxygen atoms in total. The molecule has 2 aromatic heterocycles. The summed E-state index contributed by atoms with van der Waals surface area (Å²) in [7, 11) is 0. The summed E-state index contributed by atoms with van der Waals surface area (Å²) in [5.41, 5.74) is -0.253. The number of aromatic amines is 1. The normalized spacial score (nSPS) is 9.75. The van der Waals surface area contributed by atoms with E-state index < -0.39 is 5.91 Å². The summed E-state index contributed by atoms with van der Waals surface area (Å²) >= 11 is 0. The molecule has 0 fully saturated rings. The van der Waals surface area contributed by atoms with Gasteiger partial charge >= 0.3 is 0 Å². The van der Waals surface area contributed by atoms with E-state index in [1.165, 1.54) is 18.7 Å². The second kappa shape index (κ2) is 4.30. The number of aromatic nitrogens is 4. The van der Waals surface area contributed by atoms with Gasteiger partial charge in [0.15, 0.2) is 0 Å². The molecule has 0 aliphatic carbocycles. The Balaban J connectivity index is 2.15. The van der Waals surface area contributed by atoms with E-state index in [1.807, 2.05) is 0 Å². The van der Waals surface area contributed by atoms with Crippen LogP contribution in [0.5, 0.6) is 0 Å². The van der Waals surface area contributed by atoms with Crippen LogP contribution in [0.25, 0.3) is 0 Å². The minimum Gasteiger partial charge on any atom is -0.325 e. The van der Waals surface area contributed by atoms with E-state index in [2.05, 4.69) is 25.3 Å². The first-order chi connectivity index (χ1) is 7.75. The predicted octanol–water partition coefficient (Wildman–Crippen LogP) is -0.188. The molecule has 0 aromatic carbocycles. The number of anilines is 1. The molecule has 1 amide bonds. The van der Waals surface area contributed by atoms with Gasteiger partial charge in [-0.2, -0.15) is 0 Å². The van der Waals surface area contributed by atoms with Gasteiger partial charge in [-0.3, -0.25) is 9.59 Å². The highest BCUT2D eigenvalue weighted by atomic mass is 16.2. The zero-order chi connectivity index (χ0) is 11.4. The smallest absolute Gasteiger partial charge is 0.276 e. The summed E-state index contributed by atoms with van der Waals surface area (Å²) in [5, 5.41) is 2.50. The van der Waals surface area contributed by atoms with Crippen LogP contribution in [0.2, 0.25) is 0 Å². The van der Waals surface area contributed by atoms with Crippen molar-refractivity contribution in [2.75, 3.05) is 5.32 Å². The Morgan fingerprint density at radius 2 is 2.25 bits per heavy atom. The molecule has 0 spiro atoms. The Hall–Kier alpha value is -2.57. The van der Waals surface area contributed by atoms with Gasteiger partial charge in [-0.1, -0.05) is 0 Å². The first-order valence-corrected chi connectivity index (χ1v) is 4.38. The quantitative estimate of drug-likeness (QED) is 0.726. The molecule has 0 saturated heterocycles. The van der Waals surface area contributed by atoms with Gasteiger partial charge in [0.2, 0.25) is 0 Å². The van der Waals surface area contributed by atoms with E-state index in [0.29, 0.717) is 5.82 Å². The minimum absolute atomic E-state index is 0.109. The van der Waals surface area contributed by atoms with Crippen LogP contribution in [0.4, 0.5) is 5.82 Å². The Morgan fingerprint density at radius 3 is 2.88 bits per heavy atom. The van der Waals surface area contributed by atoms with Crippen molar-refractivity contribution in [3.63, 3.8) is 0 Å². The van der Waals surface area contributed by atoms with Crippen molar-refractivity contribution in [2.45, 2.75) is 0 Å². The largest absolute Gasteiger partial charge is 0.325 e. The van der Waals surface area contributed by atoms with Gasteiger partial charge < -0.3 is 10.3 Å². The number of hydrogen-bond donors (Lipinski definition) is 2. The van der Waals surface area contributed by atoms with E-state index in [-0.39, 0.29) is 11.3 Å². The molecule has 0 radical (unpaired) electrons. The van der Waals surface area contributed by atoms with Gasteiger partial charge in [-0.05, 0) is 6.07 Å². The second-order valence-electron chi connectivity index (χ2n) is 2.85. The third-order valence-electron chi connectivity index (χ3n) is 1.73. The zero-order valence-electron chi connectivity index (χ0n) is 8.04. The zero-order valence-corrected chi connectivity index (χ0v) is 8.04. The third-order valence-corrected chi connectivity index (χ3v) is 1.73. The van der Waals surface area contributed by atoms with E-state index in [1.54, 1.807) is 6.07 Å². The minimum atomic E-state index is -0.449. The highest BCUT2D eigenvalue weighted by molar-refractivity contribution is 6.01. The maximum atomic E-state index is 11.6. The van der Waals surface area contributed by atoms with Gasteiger partial charge in [0.25, 0.3) is 11.5 Å². The molecule has 0 atom stereocenters. The molecule has 0 aliphatic rings. The summed E-state index contributed by atoms with van der Waals surface area (Å²) in [6, 6.07) is 1.55. The SMILES string of the molecule is O=C(Nc1ccncn1)c1c[nH]c(=O)cn1. The number of amides is 1. The Bertz CT molecular complexity index is 531. The van der Waals surface area contributed by atoms with E-state index in [4.69, 9.17) is 0 Å². The average Bonchev–Trinajstić information content (AvgIpc) is 2.31. The van der Waals surface area contributed by atoms with Crippen LogP contribution >= 0.6 is 0 Å². The fraction of sp³-hybridized carbons (Fsp3) is 0. The predicted molar refractivity (Wildman–Crippen MR) is 54.8 cm³/mol. The van der Waals surface area contributed by atoms with Crippen LogP contribution in [-0.4, -0.2) is 25.8 Å². The number of H-pyrrole nitrogens is 1. The second-order valence-corrected chi connectivity index (χ2v) is 2.85. The van der Waals surface area contributed by atoms with Gasteiger partial charge in [-0.15, -0.1) is 0 Å².